The molecule has 2 heterocycles. The first-order chi connectivity index (χ1) is 22.6. The third kappa shape index (κ3) is 5.03. The van der Waals surface area contributed by atoms with E-state index in [0.717, 1.165) is 36.6 Å². The van der Waals surface area contributed by atoms with E-state index in [4.69, 9.17) is 9.97 Å². The van der Waals surface area contributed by atoms with Crippen molar-refractivity contribution in [2.45, 2.75) is 0 Å². The average molecular weight is 687 g/mol. The van der Waals surface area contributed by atoms with E-state index < -0.39 is 0 Å². The Labute approximate surface area is 283 Å². The smallest absolute Gasteiger partial charge is 0.236 e. The molecule has 0 aliphatic rings. The van der Waals surface area contributed by atoms with Gasteiger partial charge in [-0.2, -0.15) is 0 Å². The lowest BCUT2D eigenvalue weighted by atomic mass is 9.37. The highest BCUT2D eigenvalue weighted by Gasteiger charge is 2.22. The Morgan fingerprint density at radius 3 is 1.22 bits per heavy atom. The zero-order chi connectivity index (χ0) is 30.6. The molecule has 2 aromatic heterocycles. The van der Waals surface area contributed by atoms with Crippen molar-refractivity contribution in [3.8, 4) is 21.1 Å². The number of hydrogen-bond acceptors (Lipinski definition) is 4. The summed E-state index contributed by atoms with van der Waals surface area (Å²) in [4.78, 5) is 10.0. The van der Waals surface area contributed by atoms with E-state index in [2.05, 4.69) is 162 Å². The van der Waals surface area contributed by atoms with Gasteiger partial charge in [-0.1, -0.05) is 142 Å². The summed E-state index contributed by atoms with van der Waals surface area (Å²) in [6.45, 7) is 0.0949. The van der Waals surface area contributed by atoms with Crippen LogP contribution in [0, 0.1) is 0 Å². The summed E-state index contributed by atoms with van der Waals surface area (Å²) < 4.78 is 3.51. The molecule has 9 aromatic rings. The van der Waals surface area contributed by atoms with Crippen LogP contribution in [0.15, 0.2) is 150 Å². The first kappa shape index (κ1) is 27.7. The van der Waals surface area contributed by atoms with E-state index in [1.54, 1.807) is 22.7 Å². The van der Waals surface area contributed by atoms with E-state index in [0.29, 0.717) is 0 Å². The molecule has 7 aromatic carbocycles. The Balaban J connectivity index is 1.06. The van der Waals surface area contributed by atoms with E-state index in [-0.39, 0.29) is 6.71 Å². The summed E-state index contributed by atoms with van der Waals surface area (Å²) in [5.74, 6) is 0. The molecule has 0 N–H and O–H groups in total. The predicted molar refractivity (Wildman–Crippen MR) is 204 cm³/mol. The molecule has 0 bridgehead atoms. The van der Waals surface area contributed by atoms with Crippen LogP contribution in [0.4, 0.5) is 0 Å². The first-order valence-electron chi connectivity index (χ1n) is 15.2. The van der Waals surface area contributed by atoms with Gasteiger partial charge in [0.15, 0.2) is 0 Å². The molecule has 0 aliphatic heterocycles. The van der Waals surface area contributed by atoms with Gasteiger partial charge in [-0.05, 0) is 57.9 Å². The van der Waals surface area contributed by atoms with Crippen LogP contribution in [0.2, 0.25) is 0 Å². The molecule has 0 saturated carbocycles. The Kier molecular flexibility index (Phi) is 6.81. The van der Waals surface area contributed by atoms with Crippen LogP contribution >= 0.6 is 38.6 Å². The Morgan fingerprint density at radius 1 is 0.435 bits per heavy atom. The molecule has 0 radical (unpaired) electrons. The van der Waals surface area contributed by atoms with E-state index in [1.807, 2.05) is 0 Å². The van der Waals surface area contributed by atoms with Crippen molar-refractivity contribution in [1.29, 1.82) is 0 Å². The maximum Gasteiger partial charge on any atom is 0.241 e. The zero-order valence-electron chi connectivity index (χ0n) is 24.5. The van der Waals surface area contributed by atoms with Crippen LogP contribution < -0.4 is 16.4 Å². The summed E-state index contributed by atoms with van der Waals surface area (Å²) in [5.41, 5.74) is 8.13. The largest absolute Gasteiger partial charge is 0.241 e. The minimum absolute atomic E-state index is 0.0949. The number of rotatable bonds is 5. The second kappa shape index (κ2) is 11.3. The number of aromatic nitrogens is 2. The Bertz CT molecular complexity index is 2270. The summed E-state index contributed by atoms with van der Waals surface area (Å²) >= 11 is 7.13. The van der Waals surface area contributed by atoms with Gasteiger partial charge in [0.05, 0.1) is 20.4 Å². The van der Waals surface area contributed by atoms with Crippen LogP contribution in [0.25, 0.3) is 63.1 Å². The summed E-state index contributed by atoms with van der Waals surface area (Å²) in [7, 11) is 0. The number of thiazole rings is 2. The normalized spacial score (nSPS) is 11.6. The highest BCUT2D eigenvalue weighted by molar-refractivity contribution is 9.10. The van der Waals surface area contributed by atoms with Crippen molar-refractivity contribution in [2.24, 2.45) is 0 Å². The molecule has 46 heavy (non-hydrogen) atoms. The molecule has 0 fully saturated rings. The fourth-order valence-electron chi connectivity index (χ4n) is 6.34. The van der Waals surface area contributed by atoms with Gasteiger partial charge in [-0.15, -0.1) is 22.7 Å². The highest BCUT2D eigenvalue weighted by Crippen LogP contribution is 2.34. The number of nitrogens with zero attached hydrogens (tertiary/aromatic N) is 2. The molecule has 0 spiro atoms. The standard InChI is InChI=1S/C40H24BBrN2S2/c42-34-19-17-33(18-20-34)41(31-13-9-25(10-14-31)39-43-35-21-27-5-1-3-7-29(27)23-37(35)45-39)32-15-11-26(12-16-32)40-44-36-22-28-6-2-4-8-30(28)24-38(36)46-40/h1-24H. The molecule has 0 unspecified atom stereocenters. The third-order valence-corrected chi connectivity index (χ3v) is 11.4. The maximum atomic E-state index is 5.01. The van der Waals surface area contributed by atoms with Gasteiger partial charge in [0, 0.05) is 15.6 Å². The lowest BCUT2D eigenvalue weighted by Crippen LogP contribution is -2.51. The number of benzene rings is 7. The summed E-state index contributed by atoms with van der Waals surface area (Å²) in [6.07, 6.45) is 0. The van der Waals surface area contributed by atoms with Crippen LogP contribution in [0.1, 0.15) is 0 Å². The molecule has 0 saturated heterocycles. The molecule has 0 amide bonds. The topological polar surface area (TPSA) is 25.8 Å². The monoisotopic (exact) mass is 686 g/mol. The molecule has 0 atom stereocenters. The SMILES string of the molecule is Brc1ccc(B(c2ccc(-c3nc4cc5ccccc5cc4s3)cc2)c2ccc(-c3nc4cc5ccccc5cc4s3)cc2)cc1. The van der Waals surface area contributed by atoms with Crippen molar-refractivity contribution >= 4 is 104 Å². The minimum Gasteiger partial charge on any atom is -0.236 e. The fraction of sp³-hybridized carbons (Fsp3) is 0. The molecule has 2 nitrogen and oxygen atoms in total. The second-order valence-corrected chi connectivity index (χ2v) is 14.6. The quantitative estimate of drug-likeness (QED) is 0.169. The van der Waals surface area contributed by atoms with Gasteiger partial charge in [0.2, 0.25) is 6.71 Å². The zero-order valence-corrected chi connectivity index (χ0v) is 27.7. The molecular weight excluding hydrogens is 663 g/mol. The molecule has 0 aliphatic carbocycles. The van der Waals surface area contributed by atoms with Crippen molar-refractivity contribution in [1.82, 2.24) is 9.97 Å². The molecule has 216 valence electrons. The van der Waals surface area contributed by atoms with Crippen LogP contribution in [0.5, 0.6) is 0 Å². The summed E-state index contributed by atoms with van der Waals surface area (Å²) in [6, 6.07) is 52.5. The van der Waals surface area contributed by atoms with Crippen molar-refractivity contribution in [3.63, 3.8) is 0 Å². The molecular formula is C40H24BBrN2S2. The Morgan fingerprint density at radius 2 is 0.804 bits per heavy atom. The summed E-state index contributed by atoms with van der Waals surface area (Å²) in [5, 5.41) is 7.04. The predicted octanol–water partition coefficient (Wildman–Crippen LogP) is 9.83. The lowest BCUT2D eigenvalue weighted by molar-refractivity contribution is 1.48. The van der Waals surface area contributed by atoms with Crippen LogP contribution in [-0.4, -0.2) is 16.7 Å². The average Bonchev–Trinajstić information content (AvgIpc) is 3.71. The van der Waals surface area contributed by atoms with E-state index >= 15 is 0 Å². The van der Waals surface area contributed by atoms with Gasteiger partial charge >= 0.3 is 0 Å². The first-order valence-corrected chi connectivity index (χ1v) is 17.6. The van der Waals surface area contributed by atoms with Gasteiger partial charge in [-0.3, -0.25) is 0 Å². The van der Waals surface area contributed by atoms with Gasteiger partial charge < -0.3 is 0 Å². The molecule has 9 rings (SSSR count). The van der Waals surface area contributed by atoms with Gasteiger partial charge in [0.1, 0.15) is 10.0 Å². The van der Waals surface area contributed by atoms with Gasteiger partial charge in [-0.25, -0.2) is 9.97 Å². The van der Waals surface area contributed by atoms with E-state index in [1.165, 1.54) is 47.3 Å². The maximum absolute atomic E-state index is 5.01. The number of fused-ring (bicyclic) bond motifs is 4. The van der Waals surface area contributed by atoms with Crippen molar-refractivity contribution < 1.29 is 0 Å². The van der Waals surface area contributed by atoms with Crippen LogP contribution in [-0.2, 0) is 0 Å². The minimum atomic E-state index is 0.0949. The number of hydrogen-bond donors (Lipinski definition) is 0. The van der Waals surface area contributed by atoms with Crippen molar-refractivity contribution in [3.05, 3.63) is 150 Å². The second-order valence-electron chi connectivity index (χ2n) is 11.6. The highest BCUT2D eigenvalue weighted by atomic mass is 79.9. The van der Waals surface area contributed by atoms with Gasteiger partial charge in [0.25, 0.3) is 0 Å². The van der Waals surface area contributed by atoms with E-state index in [9.17, 15) is 0 Å². The third-order valence-electron chi connectivity index (χ3n) is 8.70. The lowest BCUT2D eigenvalue weighted by Gasteiger charge is -2.16. The van der Waals surface area contributed by atoms with Crippen LogP contribution in [0.3, 0.4) is 0 Å². The molecule has 6 heteroatoms. The van der Waals surface area contributed by atoms with Crippen molar-refractivity contribution in [2.75, 3.05) is 0 Å². The Hall–Kier alpha value is -4.62. The fourth-order valence-corrected chi connectivity index (χ4v) is 8.61. The number of halogens is 1.